The topological polar surface area (TPSA) is 29.3 Å². The highest BCUT2D eigenvalue weighted by Gasteiger charge is 2.12. The normalized spacial score (nSPS) is 11.6. The third kappa shape index (κ3) is 4.11. The number of nitrogens with two attached hydrogens (primary N) is 1. The third-order valence-corrected chi connectivity index (χ3v) is 3.58. The van der Waals surface area contributed by atoms with Gasteiger partial charge in [-0.25, -0.2) is 0 Å². The number of aryl methyl sites for hydroxylation is 3. The summed E-state index contributed by atoms with van der Waals surface area (Å²) in [6, 6.07) is 5.13. The molecular formula is C16H28N2. The van der Waals surface area contributed by atoms with Crippen LogP contribution in [0.4, 0.5) is 0 Å². The average Bonchev–Trinajstić information content (AvgIpc) is 2.26. The monoisotopic (exact) mass is 248 g/mol. The van der Waals surface area contributed by atoms with E-state index in [1.54, 1.807) is 0 Å². The summed E-state index contributed by atoms with van der Waals surface area (Å²) in [7, 11) is 0. The fraction of sp³-hybridized carbons (Fsp3) is 0.625. The predicted octanol–water partition coefficient (Wildman–Crippen LogP) is 3.17. The molecule has 0 bridgehead atoms. The fourth-order valence-corrected chi connectivity index (χ4v) is 2.48. The van der Waals surface area contributed by atoms with E-state index in [1.165, 1.54) is 22.3 Å². The van der Waals surface area contributed by atoms with Gasteiger partial charge in [0.2, 0.25) is 0 Å². The van der Waals surface area contributed by atoms with Gasteiger partial charge in [0.1, 0.15) is 0 Å². The lowest BCUT2D eigenvalue weighted by atomic mass is 9.99. The summed E-state index contributed by atoms with van der Waals surface area (Å²) in [5, 5.41) is 0. The average molecular weight is 248 g/mol. The maximum Gasteiger partial charge on any atom is 0.0241 e. The zero-order chi connectivity index (χ0) is 13.7. The summed E-state index contributed by atoms with van der Waals surface area (Å²) < 4.78 is 0. The molecule has 0 radical (unpaired) electrons. The smallest absolute Gasteiger partial charge is 0.0241 e. The van der Waals surface area contributed by atoms with Gasteiger partial charge in [0, 0.05) is 12.6 Å². The molecule has 0 saturated heterocycles. The summed E-state index contributed by atoms with van der Waals surface area (Å²) in [4.78, 5) is 2.51. The van der Waals surface area contributed by atoms with Crippen molar-refractivity contribution in [1.82, 2.24) is 4.90 Å². The van der Waals surface area contributed by atoms with Crippen LogP contribution >= 0.6 is 0 Å². The second-order valence-corrected chi connectivity index (χ2v) is 5.58. The second-order valence-electron chi connectivity index (χ2n) is 5.58. The molecule has 0 aliphatic rings. The van der Waals surface area contributed by atoms with Crippen molar-refractivity contribution in [2.75, 3.05) is 13.1 Å². The molecule has 0 fully saturated rings. The first-order chi connectivity index (χ1) is 8.45. The van der Waals surface area contributed by atoms with Gasteiger partial charge in [-0.2, -0.15) is 0 Å². The van der Waals surface area contributed by atoms with E-state index in [9.17, 15) is 0 Å². The van der Waals surface area contributed by atoms with Crippen molar-refractivity contribution < 1.29 is 0 Å². The van der Waals surface area contributed by atoms with Crippen molar-refractivity contribution in [2.24, 2.45) is 5.73 Å². The molecule has 102 valence electrons. The largest absolute Gasteiger partial charge is 0.330 e. The van der Waals surface area contributed by atoms with Gasteiger partial charge in [0.05, 0.1) is 0 Å². The lowest BCUT2D eigenvalue weighted by molar-refractivity contribution is 0.211. The summed E-state index contributed by atoms with van der Waals surface area (Å²) in [5.41, 5.74) is 11.3. The Hall–Kier alpha value is -0.860. The van der Waals surface area contributed by atoms with Crippen LogP contribution in [-0.2, 0) is 6.54 Å². The highest BCUT2D eigenvalue weighted by atomic mass is 15.1. The third-order valence-electron chi connectivity index (χ3n) is 3.58. The Kier molecular flexibility index (Phi) is 5.83. The van der Waals surface area contributed by atoms with Crippen molar-refractivity contribution in [3.63, 3.8) is 0 Å². The minimum absolute atomic E-state index is 0.566. The Morgan fingerprint density at radius 2 is 1.67 bits per heavy atom. The van der Waals surface area contributed by atoms with Gasteiger partial charge < -0.3 is 5.73 Å². The lowest BCUT2D eigenvalue weighted by Gasteiger charge is -2.28. The Morgan fingerprint density at radius 1 is 1.11 bits per heavy atom. The zero-order valence-corrected chi connectivity index (χ0v) is 12.6. The standard InChI is InChI=1S/C16H28N2/c1-12(2)18(8-6-7-17)11-16-14(4)9-13(3)10-15(16)5/h9-10,12H,6-8,11,17H2,1-5H3. The maximum atomic E-state index is 5.62. The van der Waals surface area contributed by atoms with Crippen LogP contribution in [0.2, 0.25) is 0 Å². The molecule has 1 aromatic rings. The molecule has 0 saturated carbocycles. The molecule has 0 aliphatic carbocycles. The van der Waals surface area contributed by atoms with Crippen LogP contribution in [0.1, 0.15) is 42.5 Å². The summed E-state index contributed by atoms with van der Waals surface area (Å²) in [6.45, 7) is 14.0. The van der Waals surface area contributed by atoms with Crippen molar-refractivity contribution in [2.45, 2.75) is 53.6 Å². The SMILES string of the molecule is Cc1cc(C)c(CN(CCCN)C(C)C)c(C)c1. The summed E-state index contributed by atoms with van der Waals surface area (Å²) in [5.74, 6) is 0. The van der Waals surface area contributed by atoms with Crippen LogP contribution in [-0.4, -0.2) is 24.0 Å². The van der Waals surface area contributed by atoms with E-state index in [4.69, 9.17) is 5.73 Å². The van der Waals surface area contributed by atoms with Crippen molar-refractivity contribution in [1.29, 1.82) is 0 Å². The molecule has 2 N–H and O–H groups in total. The van der Waals surface area contributed by atoms with Crippen LogP contribution in [0.5, 0.6) is 0 Å². The van der Waals surface area contributed by atoms with Gasteiger partial charge in [-0.1, -0.05) is 17.7 Å². The first-order valence-corrected chi connectivity index (χ1v) is 6.96. The molecule has 0 aliphatic heterocycles. The lowest BCUT2D eigenvalue weighted by Crippen LogP contribution is -2.32. The predicted molar refractivity (Wildman–Crippen MR) is 79.9 cm³/mol. The molecule has 0 heterocycles. The molecular weight excluding hydrogens is 220 g/mol. The first kappa shape index (κ1) is 15.2. The van der Waals surface area contributed by atoms with Crippen molar-refractivity contribution >= 4 is 0 Å². The maximum absolute atomic E-state index is 5.62. The van der Waals surface area contributed by atoms with Gasteiger partial charge in [-0.05, 0) is 70.8 Å². The van der Waals surface area contributed by atoms with Crippen LogP contribution < -0.4 is 5.73 Å². The highest BCUT2D eigenvalue weighted by Crippen LogP contribution is 2.19. The van der Waals surface area contributed by atoms with Crippen LogP contribution in [0.3, 0.4) is 0 Å². The number of hydrogen-bond donors (Lipinski definition) is 1. The molecule has 2 heteroatoms. The van der Waals surface area contributed by atoms with E-state index in [-0.39, 0.29) is 0 Å². The van der Waals surface area contributed by atoms with Crippen LogP contribution in [0.25, 0.3) is 0 Å². The Bertz CT molecular complexity index is 360. The van der Waals surface area contributed by atoms with E-state index in [0.717, 1.165) is 26.1 Å². The molecule has 18 heavy (non-hydrogen) atoms. The molecule has 2 nitrogen and oxygen atoms in total. The first-order valence-electron chi connectivity index (χ1n) is 6.96. The van der Waals surface area contributed by atoms with Crippen LogP contribution in [0.15, 0.2) is 12.1 Å². The van der Waals surface area contributed by atoms with Gasteiger partial charge in [0.15, 0.2) is 0 Å². The quantitative estimate of drug-likeness (QED) is 0.838. The van der Waals surface area contributed by atoms with Crippen molar-refractivity contribution in [3.8, 4) is 0 Å². The number of rotatable bonds is 6. The highest BCUT2D eigenvalue weighted by molar-refractivity contribution is 5.37. The Labute approximate surface area is 112 Å². The fourth-order valence-electron chi connectivity index (χ4n) is 2.48. The summed E-state index contributed by atoms with van der Waals surface area (Å²) in [6.07, 6.45) is 1.07. The second kappa shape index (κ2) is 6.91. The molecule has 0 amide bonds. The Balaban J connectivity index is 2.86. The summed E-state index contributed by atoms with van der Waals surface area (Å²) >= 11 is 0. The minimum Gasteiger partial charge on any atom is -0.330 e. The van der Waals surface area contributed by atoms with E-state index in [2.05, 4.69) is 51.7 Å². The zero-order valence-electron chi connectivity index (χ0n) is 12.6. The van der Waals surface area contributed by atoms with E-state index < -0.39 is 0 Å². The molecule has 0 unspecified atom stereocenters. The van der Waals surface area contributed by atoms with E-state index in [0.29, 0.717) is 6.04 Å². The molecule has 1 aromatic carbocycles. The van der Waals surface area contributed by atoms with Gasteiger partial charge >= 0.3 is 0 Å². The number of benzene rings is 1. The Morgan fingerprint density at radius 3 is 2.11 bits per heavy atom. The minimum atomic E-state index is 0.566. The van der Waals surface area contributed by atoms with Gasteiger partial charge in [0.25, 0.3) is 0 Å². The molecule has 0 aromatic heterocycles. The van der Waals surface area contributed by atoms with E-state index >= 15 is 0 Å². The van der Waals surface area contributed by atoms with Crippen LogP contribution in [0, 0.1) is 20.8 Å². The van der Waals surface area contributed by atoms with Crippen molar-refractivity contribution in [3.05, 3.63) is 34.4 Å². The molecule has 0 atom stereocenters. The van der Waals surface area contributed by atoms with Gasteiger partial charge in [-0.15, -0.1) is 0 Å². The molecule has 1 rings (SSSR count). The number of nitrogens with zero attached hydrogens (tertiary/aromatic N) is 1. The molecule has 0 spiro atoms. The number of hydrogen-bond acceptors (Lipinski definition) is 2. The van der Waals surface area contributed by atoms with E-state index in [1.807, 2.05) is 0 Å². The van der Waals surface area contributed by atoms with Gasteiger partial charge in [-0.3, -0.25) is 4.90 Å².